The number of hydrogen-bond acceptors (Lipinski definition) is 5. The molecule has 0 radical (unpaired) electrons. The first kappa shape index (κ1) is 9.98. The van der Waals surface area contributed by atoms with Crippen molar-refractivity contribution in [2.45, 2.75) is 37.0 Å². The lowest BCUT2D eigenvalue weighted by molar-refractivity contribution is 0.342. The third-order valence-electron chi connectivity index (χ3n) is 2.69. The van der Waals surface area contributed by atoms with Crippen LogP contribution in [0, 0.1) is 0 Å². The molecular weight excluding hydrogens is 198 g/mol. The zero-order valence-corrected chi connectivity index (χ0v) is 9.52. The van der Waals surface area contributed by atoms with Gasteiger partial charge in [-0.1, -0.05) is 5.16 Å². The SMILES string of the molecule is CSC(C)(C)c1noc(C2(N)CC2)n1. The van der Waals surface area contributed by atoms with Crippen LogP contribution in [0.5, 0.6) is 0 Å². The first-order valence-electron chi connectivity index (χ1n) is 4.67. The van der Waals surface area contributed by atoms with Crippen LogP contribution in [-0.4, -0.2) is 16.4 Å². The van der Waals surface area contributed by atoms with Crippen molar-refractivity contribution in [2.75, 3.05) is 6.26 Å². The van der Waals surface area contributed by atoms with Gasteiger partial charge in [0.05, 0.1) is 10.3 Å². The molecule has 0 aliphatic heterocycles. The maximum atomic E-state index is 5.96. The first-order chi connectivity index (χ1) is 6.48. The minimum absolute atomic E-state index is 0.104. The summed E-state index contributed by atoms with van der Waals surface area (Å²) in [5.74, 6) is 1.33. The van der Waals surface area contributed by atoms with E-state index in [1.54, 1.807) is 11.8 Å². The van der Waals surface area contributed by atoms with E-state index in [9.17, 15) is 0 Å². The van der Waals surface area contributed by atoms with Crippen molar-refractivity contribution in [1.29, 1.82) is 0 Å². The molecule has 0 bridgehead atoms. The third kappa shape index (κ3) is 1.54. The van der Waals surface area contributed by atoms with Crippen LogP contribution in [-0.2, 0) is 10.3 Å². The monoisotopic (exact) mass is 213 g/mol. The normalized spacial score (nSPS) is 19.7. The fourth-order valence-corrected chi connectivity index (χ4v) is 1.38. The standard InChI is InChI=1S/C9H15N3OS/c1-8(2,14-3)6-11-7(13-12-6)9(10)4-5-9/h4-5,10H2,1-3H3. The van der Waals surface area contributed by atoms with Gasteiger partial charge >= 0.3 is 0 Å². The minimum Gasteiger partial charge on any atom is -0.337 e. The molecule has 1 aliphatic carbocycles. The van der Waals surface area contributed by atoms with Gasteiger partial charge in [0.1, 0.15) is 0 Å². The third-order valence-corrected chi connectivity index (χ3v) is 3.89. The number of nitrogens with zero attached hydrogens (tertiary/aromatic N) is 2. The smallest absolute Gasteiger partial charge is 0.246 e. The highest BCUT2D eigenvalue weighted by atomic mass is 32.2. The molecule has 2 N–H and O–H groups in total. The Balaban J connectivity index is 2.26. The molecule has 5 heteroatoms. The summed E-state index contributed by atoms with van der Waals surface area (Å²) in [4.78, 5) is 4.36. The highest BCUT2D eigenvalue weighted by molar-refractivity contribution is 7.99. The molecule has 1 aromatic rings. The summed E-state index contributed by atoms with van der Waals surface area (Å²) in [6.07, 6.45) is 3.94. The van der Waals surface area contributed by atoms with Gasteiger partial charge in [-0.3, -0.25) is 0 Å². The van der Waals surface area contributed by atoms with Gasteiger partial charge in [0.25, 0.3) is 0 Å². The average molecular weight is 213 g/mol. The van der Waals surface area contributed by atoms with Crippen molar-refractivity contribution in [1.82, 2.24) is 10.1 Å². The molecule has 0 aromatic carbocycles. The van der Waals surface area contributed by atoms with E-state index in [0.29, 0.717) is 5.89 Å². The van der Waals surface area contributed by atoms with Crippen molar-refractivity contribution in [3.05, 3.63) is 11.7 Å². The van der Waals surface area contributed by atoms with Crippen LogP contribution in [0.15, 0.2) is 4.52 Å². The number of rotatable bonds is 3. The van der Waals surface area contributed by atoms with Crippen molar-refractivity contribution >= 4 is 11.8 Å². The maximum absolute atomic E-state index is 5.96. The van der Waals surface area contributed by atoms with Crippen LogP contribution in [0.1, 0.15) is 38.4 Å². The Labute approximate surface area is 87.6 Å². The molecule has 1 heterocycles. The molecule has 0 unspecified atom stereocenters. The van der Waals surface area contributed by atoms with E-state index in [2.05, 4.69) is 24.0 Å². The summed E-state index contributed by atoms with van der Waals surface area (Å²) >= 11 is 1.70. The first-order valence-corrected chi connectivity index (χ1v) is 5.89. The van der Waals surface area contributed by atoms with E-state index in [-0.39, 0.29) is 10.3 Å². The zero-order valence-electron chi connectivity index (χ0n) is 8.70. The van der Waals surface area contributed by atoms with Gasteiger partial charge in [0.2, 0.25) is 5.89 Å². The molecule has 1 saturated carbocycles. The lowest BCUT2D eigenvalue weighted by Gasteiger charge is -2.16. The van der Waals surface area contributed by atoms with Gasteiger partial charge in [-0.25, -0.2) is 0 Å². The number of hydrogen-bond donors (Lipinski definition) is 1. The quantitative estimate of drug-likeness (QED) is 0.826. The van der Waals surface area contributed by atoms with E-state index >= 15 is 0 Å². The van der Waals surface area contributed by atoms with Gasteiger partial charge in [-0.05, 0) is 32.9 Å². The number of thioether (sulfide) groups is 1. The van der Waals surface area contributed by atoms with Gasteiger partial charge in [-0.15, -0.1) is 0 Å². The van der Waals surface area contributed by atoms with Gasteiger partial charge in [-0.2, -0.15) is 16.7 Å². The van der Waals surface area contributed by atoms with Crippen LogP contribution in [0.2, 0.25) is 0 Å². The summed E-state index contributed by atoms with van der Waals surface area (Å²) in [6, 6.07) is 0. The Kier molecular flexibility index (Phi) is 2.12. The van der Waals surface area contributed by atoms with Crippen LogP contribution in [0.4, 0.5) is 0 Å². The Morgan fingerprint density at radius 2 is 2.14 bits per heavy atom. The second-order valence-corrected chi connectivity index (χ2v) is 5.72. The number of aromatic nitrogens is 2. The van der Waals surface area contributed by atoms with E-state index in [0.717, 1.165) is 18.7 Å². The molecule has 0 atom stereocenters. The van der Waals surface area contributed by atoms with Crippen molar-refractivity contribution in [2.24, 2.45) is 5.73 Å². The van der Waals surface area contributed by atoms with E-state index in [4.69, 9.17) is 10.3 Å². The molecule has 0 saturated heterocycles. The van der Waals surface area contributed by atoms with Crippen molar-refractivity contribution in [3.8, 4) is 0 Å². The number of nitrogens with two attached hydrogens (primary N) is 1. The Bertz CT molecular complexity index is 344. The van der Waals surface area contributed by atoms with Crippen LogP contribution in [0.25, 0.3) is 0 Å². The fourth-order valence-electron chi connectivity index (χ4n) is 1.11. The Hall–Kier alpha value is -0.550. The maximum Gasteiger partial charge on any atom is 0.246 e. The molecular formula is C9H15N3OS. The summed E-state index contributed by atoms with van der Waals surface area (Å²) < 4.78 is 5.08. The van der Waals surface area contributed by atoms with Gasteiger partial charge in [0, 0.05) is 0 Å². The average Bonchev–Trinajstić information content (AvgIpc) is 2.72. The van der Waals surface area contributed by atoms with Gasteiger partial charge in [0.15, 0.2) is 5.82 Å². The lowest BCUT2D eigenvalue weighted by Crippen LogP contribution is -2.20. The molecule has 4 nitrogen and oxygen atoms in total. The van der Waals surface area contributed by atoms with Crippen LogP contribution >= 0.6 is 11.8 Å². The van der Waals surface area contributed by atoms with Gasteiger partial charge < -0.3 is 10.3 Å². The largest absolute Gasteiger partial charge is 0.337 e. The highest BCUT2D eigenvalue weighted by Crippen LogP contribution is 2.42. The second-order valence-electron chi connectivity index (χ2n) is 4.29. The predicted octanol–water partition coefficient (Wildman–Crippen LogP) is 1.62. The minimum atomic E-state index is -0.320. The zero-order chi connectivity index (χ0) is 10.4. The molecule has 0 spiro atoms. The topological polar surface area (TPSA) is 64.9 Å². The molecule has 0 amide bonds. The molecule has 14 heavy (non-hydrogen) atoms. The molecule has 1 aliphatic rings. The summed E-state index contributed by atoms with van der Waals surface area (Å²) in [6.45, 7) is 4.14. The van der Waals surface area contributed by atoms with Crippen molar-refractivity contribution < 1.29 is 4.52 Å². The molecule has 78 valence electrons. The second kappa shape index (κ2) is 2.97. The fraction of sp³-hybridized carbons (Fsp3) is 0.778. The highest BCUT2D eigenvalue weighted by Gasteiger charge is 2.46. The molecule has 1 aromatic heterocycles. The Morgan fingerprint density at radius 3 is 2.64 bits per heavy atom. The lowest BCUT2D eigenvalue weighted by atomic mass is 10.2. The van der Waals surface area contributed by atoms with E-state index in [1.807, 2.05) is 6.26 Å². The summed E-state index contributed by atoms with van der Waals surface area (Å²) in [5, 5.41) is 3.98. The molecule has 1 fully saturated rings. The molecule has 2 rings (SSSR count). The summed E-state index contributed by atoms with van der Waals surface area (Å²) in [7, 11) is 0. The van der Waals surface area contributed by atoms with Crippen LogP contribution in [0.3, 0.4) is 0 Å². The Morgan fingerprint density at radius 1 is 1.50 bits per heavy atom. The summed E-state index contributed by atoms with van der Waals surface area (Å²) in [5.41, 5.74) is 5.64. The van der Waals surface area contributed by atoms with E-state index < -0.39 is 0 Å². The van der Waals surface area contributed by atoms with Crippen LogP contribution < -0.4 is 5.73 Å². The van der Waals surface area contributed by atoms with Crippen molar-refractivity contribution in [3.63, 3.8) is 0 Å². The predicted molar refractivity (Wildman–Crippen MR) is 55.9 cm³/mol. The van der Waals surface area contributed by atoms with E-state index in [1.165, 1.54) is 0 Å².